The number of carbonyl (C=O) groups excluding carboxylic acids is 3. The summed E-state index contributed by atoms with van der Waals surface area (Å²) < 4.78 is 16.8. The van der Waals surface area contributed by atoms with Gasteiger partial charge < -0.3 is 23.9 Å². The van der Waals surface area contributed by atoms with E-state index in [0.717, 1.165) is 10.0 Å². The lowest BCUT2D eigenvalue weighted by Gasteiger charge is -2.57. The first-order valence-electron chi connectivity index (χ1n) is 12.8. The van der Waals surface area contributed by atoms with E-state index < -0.39 is 44.6 Å². The first kappa shape index (κ1) is 29.4. The molecule has 0 saturated carbocycles. The fourth-order valence-corrected chi connectivity index (χ4v) is 7.04. The van der Waals surface area contributed by atoms with Crippen molar-refractivity contribution in [2.24, 2.45) is 17.3 Å². The summed E-state index contributed by atoms with van der Waals surface area (Å²) >= 11 is 0. The molecule has 3 rings (SSSR count). The highest BCUT2D eigenvalue weighted by Gasteiger charge is 2.65. The molecule has 1 N–H and O–H groups in total. The van der Waals surface area contributed by atoms with E-state index in [1.54, 1.807) is 0 Å². The molecular weight excluding hydrogens is 510 g/mol. The van der Waals surface area contributed by atoms with Crippen LogP contribution in [0, 0.1) is 17.3 Å². The predicted octanol–water partition coefficient (Wildman–Crippen LogP) is 3.15. The van der Waals surface area contributed by atoms with Crippen molar-refractivity contribution < 1.29 is 38.2 Å². The maximum Gasteiger partial charge on any atom is 0.429 e. The van der Waals surface area contributed by atoms with Gasteiger partial charge in [0.15, 0.2) is 9.04 Å². The zero-order chi connectivity index (χ0) is 28.6. The van der Waals surface area contributed by atoms with Crippen LogP contribution in [-0.4, -0.2) is 91.1 Å². The van der Waals surface area contributed by atoms with Crippen LogP contribution in [0.1, 0.15) is 34.1 Å². The van der Waals surface area contributed by atoms with E-state index in [1.165, 1.54) is 17.1 Å². The molecule has 0 aromatic heterocycles. The van der Waals surface area contributed by atoms with E-state index in [0.29, 0.717) is 12.0 Å². The second-order valence-electron chi connectivity index (χ2n) is 11.3. The van der Waals surface area contributed by atoms with Crippen molar-refractivity contribution in [3.63, 3.8) is 0 Å². The van der Waals surface area contributed by atoms with Crippen LogP contribution in [0.5, 0.6) is 0 Å². The third-order valence-corrected chi connectivity index (χ3v) is 8.56. The van der Waals surface area contributed by atoms with Gasteiger partial charge >= 0.3 is 18.2 Å². The van der Waals surface area contributed by atoms with Crippen molar-refractivity contribution in [2.45, 2.75) is 58.9 Å². The van der Waals surface area contributed by atoms with Crippen LogP contribution < -0.4 is 0 Å². The van der Waals surface area contributed by atoms with E-state index >= 15 is 0 Å². The van der Waals surface area contributed by atoms with E-state index in [-0.39, 0.29) is 49.4 Å². The summed E-state index contributed by atoms with van der Waals surface area (Å²) in [5.41, 5.74) is -0.744. The first-order valence-corrected chi connectivity index (χ1v) is 15.5. The van der Waals surface area contributed by atoms with Gasteiger partial charge in [-0.1, -0.05) is 46.1 Å². The summed E-state index contributed by atoms with van der Waals surface area (Å²) in [6, 6.07) is -0.386. The number of hydrazine groups is 1. The lowest BCUT2D eigenvalue weighted by Crippen LogP contribution is -2.70. The molecule has 38 heavy (non-hydrogen) atoms. The number of nitrogens with zero attached hydrogens (tertiary/aromatic N) is 3. The second-order valence-corrected chi connectivity index (χ2v) is 13.6. The second kappa shape index (κ2) is 10.9. The number of fused-ring (bicyclic) bond motifs is 1. The number of β-lactam (4-membered cyclic amide) rings is 1. The smallest absolute Gasteiger partial charge is 0.429 e. The van der Waals surface area contributed by atoms with Gasteiger partial charge in [0.2, 0.25) is 5.91 Å². The number of carboxylic acids is 1. The molecule has 0 spiro atoms. The van der Waals surface area contributed by atoms with Gasteiger partial charge in [-0.15, -0.1) is 0 Å². The largest absolute Gasteiger partial charge is 0.477 e. The number of hydrogen-bond donors (Lipinski definition) is 1. The maximum atomic E-state index is 13.6. The lowest BCUT2D eigenvalue weighted by atomic mass is 9.63. The average molecular weight is 550 g/mol. The summed E-state index contributed by atoms with van der Waals surface area (Å²) in [5, 5.41) is 12.4. The number of carboxylic acid groups (broad SMARTS) is 1. The van der Waals surface area contributed by atoms with Crippen LogP contribution in [0.2, 0.25) is 13.1 Å². The molecule has 3 atom stereocenters. The van der Waals surface area contributed by atoms with Crippen LogP contribution in [0.3, 0.4) is 0 Å². The SMILES string of the molecule is C=CCOC(=O)N1CC(C2=C(C(=O)O)N3C(=O)[C@H]([C@@](C)(O[SiH](C)C)C(C)(C)C)[C@H]3C2)CN1C(=O)OCC=C. The fourth-order valence-electron chi connectivity index (χ4n) is 5.56. The summed E-state index contributed by atoms with van der Waals surface area (Å²) in [5.74, 6) is -2.56. The normalized spacial score (nSPS) is 23.2. The van der Waals surface area contributed by atoms with Gasteiger partial charge in [-0.05, 0) is 37.4 Å². The average Bonchev–Trinajstić information content (AvgIpc) is 3.40. The van der Waals surface area contributed by atoms with Crippen LogP contribution in [-0.2, 0) is 23.5 Å². The Labute approximate surface area is 225 Å². The molecule has 0 aliphatic carbocycles. The molecule has 12 heteroatoms. The molecule has 0 aromatic carbocycles. The zero-order valence-electron chi connectivity index (χ0n) is 23.1. The van der Waals surface area contributed by atoms with Gasteiger partial charge in [-0.2, -0.15) is 0 Å². The lowest BCUT2D eigenvalue weighted by molar-refractivity contribution is -0.180. The van der Waals surface area contributed by atoms with E-state index in [2.05, 4.69) is 13.2 Å². The highest BCUT2D eigenvalue weighted by atomic mass is 28.3. The summed E-state index contributed by atoms with van der Waals surface area (Å²) in [4.78, 5) is 52.8. The maximum absolute atomic E-state index is 13.6. The third-order valence-electron chi connectivity index (χ3n) is 7.60. The van der Waals surface area contributed by atoms with Gasteiger partial charge in [-0.3, -0.25) is 4.79 Å². The topological polar surface area (TPSA) is 126 Å². The molecule has 210 valence electrons. The summed E-state index contributed by atoms with van der Waals surface area (Å²) in [6.45, 7) is 19.0. The molecule has 3 heterocycles. The number of carbonyl (C=O) groups is 4. The summed E-state index contributed by atoms with van der Waals surface area (Å²) in [7, 11) is -1.56. The minimum absolute atomic E-state index is 0.00333. The van der Waals surface area contributed by atoms with Crippen molar-refractivity contribution in [1.29, 1.82) is 0 Å². The standard InChI is InChI=1S/C26H39N3O8Si/c1-9-11-35-23(33)27-14-16(15-28(27)24(34)36-12-10-2)17-13-18-19(21(30)29(18)20(17)22(31)32)26(6,25(3,4)5)37-38(7)8/h9-10,16,18-19,38H,1-2,11-15H2,3-8H3,(H,31,32)/t18-,19-,26-/m1/s1. The van der Waals surface area contributed by atoms with Crippen molar-refractivity contribution in [2.75, 3.05) is 26.3 Å². The van der Waals surface area contributed by atoms with Gasteiger partial charge in [0.25, 0.3) is 0 Å². The minimum Gasteiger partial charge on any atom is -0.477 e. The Bertz CT molecular complexity index is 1020. The Kier molecular flexibility index (Phi) is 8.47. The number of rotatable bonds is 9. The van der Waals surface area contributed by atoms with E-state index in [9.17, 15) is 24.3 Å². The van der Waals surface area contributed by atoms with Crippen molar-refractivity contribution in [3.8, 4) is 0 Å². The van der Waals surface area contributed by atoms with Crippen LogP contribution in [0.4, 0.5) is 9.59 Å². The quantitative estimate of drug-likeness (QED) is 0.264. The first-order chi connectivity index (χ1) is 17.7. The third kappa shape index (κ3) is 5.11. The number of hydrogen-bond acceptors (Lipinski definition) is 7. The van der Waals surface area contributed by atoms with Crippen molar-refractivity contribution in [3.05, 3.63) is 36.6 Å². The van der Waals surface area contributed by atoms with Crippen LogP contribution in [0.25, 0.3) is 0 Å². The Balaban J connectivity index is 1.94. The van der Waals surface area contributed by atoms with E-state index in [1.807, 2.05) is 40.8 Å². The summed E-state index contributed by atoms with van der Waals surface area (Å²) in [6.07, 6.45) is 1.54. The molecule has 2 fully saturated rings. The zero-order valence-corrected chi connectivity index (χ0v) is 24.2. The van der Waals surface area contributed by atoms with Gasteiger partial charge in [0.05, 0.1) is 30.7 Å². The predicted molar refractivity (Wildman–Crippen MR) is 141 cm³/mol. The molecule has 0 radical (unpaired) electrons. The molecule has 0 unspecified atom stereocenters. The Morgan fingerprint density at radius 1 is 1.03 bits per heavy atom. The highest BCUT2D eigenvalue weighted by Crippen LogP contribution is 2.54. The van der Waals surface area contributed by atoms with Gasteiger partial charge in [0.1, 0.15) is 18.9 Å². The van der Waals surface area contributed by atoms with Crippen molar-refractivity contribution in [1.82, 2.24) is 14.9 Å². The minimum atomic E-state index is -1.56. The molecule has 3 amide bonds. The Morgan fingerprint density at radius 2 is 1.53 bits per heavy atom. The monoisotopic (exact) mass is 549 g/mol. The highest BCUT2D eigenvalue weighted by molar-refractivity contribution is 6.48. The molecule has 3 aliphatic rings. The fraction of sp³-hybridized carbons (Fsp3) is 0.615. The van der Waals surface area contributed by atoms with E-state index in [4.69, 9.17) is 13.9 Å². The van der Waals surface area contributed by atoms with Crippen LogP contribution >= 0.6 is 0 Å². The Morgan fingerprint density at radius 3 is 1.92 bits per heavy atom. The Hall–Kier alpha value is -3.12. The molecular formula is C26H39N3O8Si. The molecule has 11 nitrogen and oxygen atoms in total. The molecule has 2 saturated heterocycles. The van der Waals surface area contributed by atoms with Crippen molar-refractivity contribution >= 4 is 33.1 Å². The van der Waals surface area contributed by atoms with Crippen LogP contribution in [0.15, 0.2) is 36.6 Å². The molecule has 3 aliphatic heterocycles. The van der Waals surface area contributed by atoms with Gasteiger partial charge in [-0.25, -0.2) is 24.4 Å². The van der Waals surface area contributed by atoms with Gasteiger partial charge in [0, 0.05) is 5.92 Å². The molecule has 0 bridgehead atoms. The number of ether oxygens (including phenoxy) is 2. The number of amides is 3. The number of aliphatic carboxylic acids is 1. The molecule has 0 aromatic rings.